The first kappa shape index (κ1) is 15.0. The molecule has 0 aromatic heterocycles. The van der Waals surface area contributed by atoms with Crippen molar-refractivity contribution in [1.82, 2.24) is 0 Å². The number of methoxy groups -OCH3 is 1. The predicted molar refractivity (Wildman–Crippen MR) is 68.7 cm³/mol. The van der Waals surface area contributed by atoms with Gasteiger partial charge in [0, 0.05) is 0 Å². The molecule has 0 saturated heterocycles. The molecule has 0 aliphatic carbocycles. The van der Waals surface area contributed by atoms with Crippen LogP contribution in [0.25, 0.3) is 0 Å². The van der Waals surface area contributed by atoms with Crippen LogP contribution in [0.2, 0.25) is 0 Å². The van der Waals surface area contributed by atoms with E-state index < -0.39 is 17.7 Å². The third-order valence-corrected chi connectivity index (χ3v) is 2.64. The lowest BCUT2D eigenvalue weighted by Crippen LogP contribution is -2.41. The summed E-state index contributed by atoms with van der Waals surface area (Å²) in [5.41, 5.74) is -1.42. The summed E-state index contributed by atoms with van der Waals surface area (Å²) in [7, 11) is 1.52. The average molecular weight is 264 g/mol. The number of ether oxygens (including phenoxy) is 2. The summed E-state index contributed by atoms with van der Waals surface area (Å²) in [6.45, 7) is 0.876. The molecule has 0 heterocycles. The maximum atomic E-state index is 11.7. The molecule has 2 N–H and O–H groups in total. The number of carbonyl (C=O) groups excluding carboxylic acids is 1. The first-order valence-corrected chi connectivity index (χ1v) is 5.60. The van der Waals surface area contributed by atoms with Crippen LogP contribution in [0.1, 0.15) is 17.3 Å². The Balaban J connectivity index is 2.58. The van der Waals surface area contributed by atoms with Crippen molar-refractivity contribution in [3.63, 3.8) is 0 Å². The largest absolute Gasteiger partial charge is 0.497 e. The zero-order chi connectivity index (χ0) is 14.5. The van der Waals surface area contributed by atoms with Crippen LogP contribution in [0.15, 0.2) is 24.3 Å². The molecule has 5 nitrogen and oxygen atoms in total. The average Bonchev–Trinajstić information content (AvgIpc) is 2.44. The summed E-state index contributed by atoms with van der Waals surface area (Å²) < 4.78 is 9.83. The van der Waals surface area contributed by atoms with E-state index in [2.05, 4.69) is 0 Å². The molecule has 0 spiro atoms. The first-order valence-electron chi connectivity index (χ1n) is 5.60. The number of aliphatic hydroxyl groups excluding tert-OH is 1. The fourth-order valence-corrected chi connectivity index (χ4v) is 1.22. The smallest absolute Gasteiger partial charge is 0.338 e. The van der Waals surface area contributed by atoms with Gasteiger partial charge >= 0.3 is 5.97 Å². The highest BCUT2D eigenvalue weighted by Gasteiger charge is 2.29. The number of benzene rings is 1. The third-order valence-electron chi connectivity index (χ3n) is 2.64. The number of hydrogen-bond acceptors (Lipinski definition) is 5. The molecule has 2 atom stereocenters. The monoisotopic (exact) mass is 264 g/mol. The van der Waals surface area contributed by atoms with Gasteiger partial charge in [-0.1, -0.05) is 5.92 Å². The quantitative estimate of drug-likeness (QED) is 0.601. The Hall–Kier alpha value is -2.03. The molecule has 0 saturated carbocycles. The van der Waals surface area contributed by atoms with Crippen molar-refractivity contribution in [2.75, 3.05) is 13.7 Å². The maximum absolute atomic E-state index is 11.7. The van der Waals surface area contributed by atoms with Crippen molar-refractivity contribution in [2.45, 2.75) is 18.6 Å². The van der Waals surface area contributed by atoms with Gasteiger partial charge in [0.1, 0.15) is 18.5 Å². The van der Waals surface area contributed by atoms with Gasteiger partial charge in [-0.05, 0) is 31.2 Å². The lowest BCUT2D eigenvalue weighted by molar-refractivity contribution is -0.0535. The Morgan fingerprint density at radius 3 is 2.53 bits per heavy atom. The van der Waals surface area contributed by atoms with Gasteiger partial charge in [0.15, 0.2) is 5.60 Å². The molecule has 0 aliphatic rings. The minimum absolute atomic E-state index is 0.313. The van der Waals surface area contributed by atoms with E-state index in [9.17, 15) is 15.0 Å². The highest BCUT2D eigenvalue weighted by Crippen LogP contribution is 2.13. The normalized spacial score (nSPS) is 14.9. The van der Waals surface area contributed by atoms with Gasteiger partial charge in [-0.15, -0.1) is 6.42 Å². The molecule has 0 bridgehead atoms. The number of rotatable bonds is 5. The van der Waals surface area contributed by atoms with E-state index in [1.165, 1.54) is 26.2 Å². The highest BCUT2D eigenvalue weighted by molar-refractivity contribution is 5.89. The second-order valence-electron chi connectivity index (χ2n) is 4.13. The van der Waals surface area contributed by atoms with E-state index in [4.69, 9.17) is 15.9 Å². The van der Waals surface area contributed by atoms with Crippen molar-refractivity contribution >= 4 is 5.97 Å². The number of terminal acetylenes is 1. The summed E-state index contributed by atoms with van der Waals surface area (Å²) in [5, 5.41) is 19.1. The summed E-state index contributed by atoms with van der Waals surface area (Å²) in [5.74, 6) is 2.02. The highest BCUT2D eigenvalue weighted by atomic mass is 16.5. The van der Waals surface area contributed by atoms with Gasteiger partial charge < -0.3 is 19.7 Å². The van der Waals surface area contributed by atoms with Crippen molar-refractivity contribution in [1.29, 1.82) is 0 Å². The Kier molecular flexibility index (Phi) is 4.93. The molecular formula is C14H16O5. The molecule has 19 heavy (non-hydrogen) atoms. The summed E-state index contributed by atoms with van der Waals surface area (Å²) in [4.78, 5) is 11.7. The molecule has 0 aliphatic heterocycles. The van der Waals surface area contributed by atoms with Crippen LogP contribution < -0.4 is 4.74 Å². The molecule has 1 rings (SSSR count). The summed E-state index contributed by atoms with van der Waals surface area (Å²) in [6, 6.07) is 6.30. The van der Waals surface area contributed by atoms with Gasteiger partial charge in [0.05, 0.1) is 12.7 Å². The van der Waals surface area contributed by atoms with E-state index in [0.717, 1.165) is 0 Å². The van der Waals surface area contributed by atoms with Crippen molar-refractivity contribution in [3.8, 4) is 18.1 Å². The lowest BCUT2D eigenvalue weighted by atomic mass is 10.0. The van der Waals surface area contributed by atoms with Crippen LogP contribution in [0.3, 0.4) is 0 Å². The standard InChI is InChI=1S/C14H16O5/c1-4-14(2,17)12(15)9-19-13(16)10-5-7-11(18-3)8-6-10/h1,5-8,12,15,17H,9H2,2-3H3/t12-,14+/m1/s1. The van der Waals surface area contributed by atoms with Gasteiger partial charge in [-0.3, -0.25) is 0 Å². The Morgan fingerprint density at radius 1 is 1.47 bits per heavy atom. The molecule has 102 valence electrons. The zero-order valence-electron chi connectivity index (χ0n) is 10.8. The minimum Gasteiger partial charge on any atom is -0.497 e. The number of esters is 1. The van der Waals surface area contributed by atoms with Crippen LogP contribution in [0, 0.1) is 12.3 Å². The molecule has 0 unspecified atom stereocenters. The van der Waals surface area contributed by atoms with Crippen molar-refractivity contribution in [2.24, 2.45) is 0 Å². The number of hydrogen-bond donors (Lipinski definition) is 2. The minimum atomic E-state index is -1.74. The topological polar surface area (TPSA) is 76.0 Å². The van der Waals surface area contributed by atoms with Crippen molar-refractivity contribution < 1.29 is 24.5 Å². The zero-order valence-corrected chi connectivity index (χ0v) is 10.8. The van der Waals surface area contributed by atoms with Crippen LogP contribution in [-0.2, 0) is 4.74 Å². The van der Waals surface area contributed by atoms with E-state index >= 15 is 0 Å². The molecule has 5 heteroatoms. The molecular weight excluding hydrogens is 248 g/mol. The second kappa shape index (κ2) is 6.23. The van der Waals surface area contributed by atoms with Crippen LogP contribution >= 0.6 is 0 Å². The Bertz CT molecular complexity index is 470. The summed E-state index contributed by atoms with van der Waals surface area (Å²) in [6.07, 6.45) is 3.69. The van der Waals surface area contributed by atoms with Crippen molar-refractivity contribution in [3.05, 3.63) is 29.8 Å². The maximum Gasteiger partial charge on any atom is 0.338 e. The van der Waals surface area contributed by atoms with Gasteiger partial charge in [-0.25, -0.2) is 4.79 Å². The second-order valence-corrected chi connectivity index (χ2v) is 4.13. The molecule has 0 fully saturated rings. The summed E-state index contributed by atoms with van der Waals surface area (Å²) >= 11 is 0. The van der Waals surface area contributed by atoms with Crippen LogP contribution in [-0.4, -0.2) is 41.6 Å². The van der Waals surface area contributed by atoms with Gasteiger partial charge in [0.25, 0.3) is 0 Å². The number of carbonyl (C=O) groups is 1. The molecule has 1 aromatic rings. The number of aliphatic hydroxyl groups is 2. The fourth-order valence-electron chi connectivity index (χ4n) is 1.22. The van der Waals surface area contributed by atoms with E-state index in [-0.39, 0.29) is 6.61 Å². The van der Waals surface area contributed by atoms with Crippen LogP contribution in [0.5, 0.6) is 5.75 Å². The SMILES string of the molecule is C#C[C@](C)(O)[C@H](O)COC(=O)c1ccc(OC)cc1. The van der Waals surface area contributed by atoms with E-state index in [1.807, 2.05) is 5.92 Å². The van der Waals surface area contributed by atoms with Gasteiger partial charge in [-0.2, -0.15) is 0 Å². The Labute approximate surface area is 111 Å². The third kappa shape index (κ3) is 3.98. The van der Waals surface area contributed by atoms with E-state index in [1.54, 1.807) is 12.1 Å². The first-order chi connectivity index (χ1) is 8.90. The molecule has 0 amide bonds. The lowest BCUT2D eigenvalue weighted by Gasteiger charge is -2.22. The Morgan fingerprint density at radius 2 is 2.05 bits per heavy atom. The molecule has 0 radical (unpaired) electrons. The van der Waals surface area contributed by atoms with Gasteiger partial charge in [0.2, 0.25) is 0 Å². The van der Waals surface area contributed by atoms with Crippen LogP contribution in [0.4, 0.5) is 0 Å². The molecule has 1 aromatic carbocycles. The van der Waals surface area contributed by atoms with E-state index in [0.29, 0.717) is 11.3 Å². The predicted octanol–water partition coefficient (Wildman–Crippen LogP) is 0.597. The fraction of sp³-hybridized carbons (Fsp3) is 0.357.